The number of hydrogen-bond acceptors (Lipinski definition) is 1. The average molecular weight is 167 g/mol. The molecule has 0 aliphatic heterocycles. The van der Waals surface area contributed by atoms with Gasteiger partial charge in [0.15, 0.2) is 0 Å². The Morgan fingerprint density at radius 3 is 2.43 bits per heavy atom. The van der Waals surface area contributed by atoms with Gasteiger partial charge in [-0.1, -0.05) is 22.9 Å². The highest BCUT2D eigenvalue weighted by Gasteiger charge is 1.94. The molecule has 0 fully saturated rings. The Kier molecular flexibility index (Phi) is 4.88. The third-order valence-electron chi connectivity index (χ3n) is 0.914. The molecule has 1 atom stereocenters. The van der Waals surface area contributed by atoms with E-state index in [0.29, 0.717) is 12.5 Å². The fourth-order valence-corrected chi connectivity index (χ4v) is 1.06. The van der Waals surface area contributed by atoms with Crippen molar-refractivity contribution in [1.82, 2.24) is 0 Å². The van der Waals surface area contributed by atoms with E-state index in [9.17, 15) is 0 Å². The smallest absolute Gasteiger partial charge is 0.0456 e. The van der Waals surface area contributed by atoms with Gasteiger partial charge in [-0.25, -0.2) is 0 Å². The van der Waals surface area contributed by atoms with Gasteiger partial charge in [0.05, 0.1) is 0 Å². The molecule has 0 aromatic heterocycles. The first-order valence-electron chi connectivity index (χ1n) is 2.48. The molecule has 0 unspecified atom stereocenters. The summed E-state index contributed by atoms with van der Waals surface area (Å²) >= 11 is 3.28. The Labute approximate surface area is 52.9 Å². The summed E-state index contributed by atoms with van der Waals surface area (Å²) < 4.78 is 0. The van der Waals surface area contributed by atoms with Crippen LogP contribution in [0.1, 0.15) is 13.3 Å². The first-order valence-corrected chi connectivity index (χ1v) is 3.60. The van der Waals surface area contributed by atoms with Gasteiger partial charge in [0.25, 0.3) is 0 Å². The highest BCUT2D eigenvalue weighted by molar-refractivity contribution is 9.09. The quantitative estimate of drug-likeness (QED) is 0.630. The summed E-state index contributed by atoms with van der Waals surface area (Å²) in [5, 5.41) is 9.44. The van der Waals surface area contributed by atoms with Crippen molar-refractivity contribution in [2.75, 3.05) is 11.9 Å². The molecule has 7 heavy (non-hydrogen) atoms. The summed E-state index contributed by atoms with van der Waals surface area (Å²) in [4.78, 5) is 0. The molecule has 1 nitrogen and oxygen atoms in total. The first kappa shape index (κ1) is 7.44. The van der Waals surface area contributed by atoms with Gasteiger partial charge in [0.2, 0.25) is 0 Å². The molecule has 0 amide bonds. The molecule has 0 saturated carbocycles. The van der Waals surface area contributed by atoms with Gasteiger partial charge in [-0.3, -0.25) is 0 Å². The number of alkyl halides is 1. The Morgan fingerprint density at radius 1 is 1.71 bits per heavy atom. The van der Waals surface area contributed by atoms with Crippen LogP contribution in [0.3, 0.4) is 0 Å². The number of hydrogen-bond donors (Lipinski definition) is 1. The van der Waals surface area contributed by atoms with Crippen LogP contribution in [0.2, 0.25) is 0 Å². The maximum absolute atomic E-state index is 8.45. The van der Waals surface area contributed by atoms with Crippen LogP contribution < -0.4 is 0 Å². The Balaban J connectivity index is 2.83. The van der Waals surface area contributed by atoms with Gasteiger partial charge in [-0.15, -0.1) is 0 Å². The lowest BCUT2D eigenvalue weighted by Crippen LogP contribution is -1.99. The molecule has 0 radical (unpaired) electrons. The molecule has 0 bridgehead atoms. The molecule has 0 rings (SSSR count). The summed E-state index contributed by atoms with van der Waals surface area (Å²) in [6, 6.07) is 0. The van der Waals surface area contributed by atoms with Crippen molar-refractivity contribution in [3.63, 3.8) is 0 Å². The molecule has 0 aromatic rings. The second kappa shape index (κ2) is 4.60. The number of halogens is 1. The number of rotatable bonds is 3. The zero-order chi connectivity index (χ0) is 5.70. The zero-order valence-electron chi connectivity index (χ0n) is 4.52. The van der Waals surface area contributed by atoms with Crippen LogP contribution >= 0.6 is 15.9 Å². The van der Waals surface area contributed by atoms with Crippen LogP contribution in [0.15, 0.2) is 0 Å². The second-order valence-electron chi connectivity index (χ2n) is 1.77. The van der Waals surface area contributed by atoms with E-state index in [2.05, 4.69) is 15.9 Å². The minimum atomic E-state index is 0.311. The Bertz CT molecular complexity index is 39.1. The van der Waals surface area contributed by atoms with Crippen LogP contribution in [-0.4, -0.2) is 17.0 Å². The first-order chi connectivity index (χ1) is 3.31. The predicted molar refractivity (Wildman–Crippen MR) is 34.7 cm³/mol. The van der Waals surface area contributed by atoms with E-state index in [1.54, 1.807) is 0 Å². The molecule has 1 N–H and O–H groups in total. The van der Waals surface area contributed by atoms with E-state index in [-0.39, 0.29) is 0 Å². The fourth-order valence-electron chi connectivity index (χ4n) is 0.278. The van der Waals surface area contributed by atoms with Crippen molar-refractivity contribution >= 4 is 15.9 Å². The third kappa shape index (κ3) is 4.29. The predicted octanol–water partition coefficient (Wildman–Crippen LogP) is 1.40. The molecule has 0 heterocycles. The third-order valence-corrected chi connectivity index (χ3v) is 1.37. The van der Waals surface area contributed by atoms with Crippen molar-refractivity contribution in [3.8, 4) is 0 Å². The fraction of sp³-hybridized carbons (Fsp3) is 1.00. The lowest BCUT2D eigenvalue weighted by atomic mass is 10.1. The Hall–Kier alpha value is 0.440. The molecule has 0 saturated heterocycles. The second-order valence-corrected chi connectivity index (χ2v) is 2.56. The number of aliphatic hydroxyl groups excluding tert-OH is 1. The molecule has 0 aromatic carbocycles. The van der Waals surface area contributed by atoms with Gasteiger partial charge in [-0.2, -0.15) is 0 Å². The minimum absolute atomic E-state index is 0.311. The van der Waals surface area contributed by atoms with E-state index in [1.807, 2.05) is 6.92 Å². The lowest BCUT2D eigenvalue weighted by molar-refractivity contribution is 0.235. The van der Waals surface area contributed by atoms with Crippen LogP contribution in [0.25, 0.3) is 0 Å². The Morgan fingerprint density at radius 2 is 2.29 bits per heavy atom. The van der Waals surface area contributed by atoms with E-state index in [4.69, 9.17) is 5.11 Å². The zero-order valence-corrected chi connectivity index (χ0v) is 6.11. The topological polar surface area (TPSA) is 20.2 Å². The van der Waals surface area contributed by atoms with Crippen LogP contribution in [-0.2, 0) is 0 Å². The average Bonchev–Trinajstić information content (AvgIpc) is 1.68. The van der Waals surface area contributed by atoms with Crippen LogP contribution in [0, 0.1) is 5.92 Å². The van der Waals surface area contributed by atoms with Gasteiger partial charge < -0.3 is 5.11 Å². The highest BCUT2D eigenvalue weighted by Crippen LogP contribution is 2.01. The summed E-state index contributed by atoms with van der Waals surface area (Å²) in [6.07, 6.45) is 1.07. The molecular weight excluding hydrogens is 156 g/mol. The molecule has 0 aliphatic rings. The molecule has 0 aliphatic carbocycles. The van der Waals surface area contributed by atoms with E-state index in [0.717, 1.165) is 11.8 Å². The van der Waals surface area contributed by atoms with Crippen molar-refractivity contribution in [1.29, 1.82) is 0 Å². The standard InChI is InChI=1S/C5H11BrO/c1-5(4-7)2-3-6/h5,7H,2-4H2,1H3/t5-/m1/s1. The normalized spacial score (nSPS) is 14.1. The summed E-state index contributed by atoms with van der Waals surface area (Å²) in [5.74, 6) is 0.458. The lowest BCUT2D eigenvalue weighted by Gasteiger charge is -2.00. The van der Waals surface area contributed by atoms with Gasteiger partial charge in [-0.05, 0) is 12.3 Å². The minimum Gasteiger partial charge on any atom is -0.396 e. The van der Waals surface area contributed by atoms with Crippen molar-refractivity contribution in [2.45, 2.75) is 13.3 Å². The SMILES string of the molecule is C[C@@H](CO)CCBr. The maximum Gasteiger partial charge on any atom is 0.0456 e. The van der Waals surface area contributed by atoms with Crippen molar-refractivity contribution in [2.24, 2.45) is 5.92 Å². The van der Waals surface area contributed by atoms with E-state index in [1.165, 1.54) is 0 Å². The molecular formula is C5H11BrO. The van der Waals surface area contributed by atoms with Gasteiger partial charge >= 0.3 is 0 Å². The van der Waals surface area contributed by atoms with Crippen molar-refractivity contribution in [3.05, 3.63) is 0 Å². The monoisotopic (exact) mass is 166 g/mol. The van der Waals surface area contributed by atoms with Crippen molar-refractivity contribution < 1.29 is 5.11 Å². The number of aliphatic hydroxyl groups is 1. The summed E-state index contributed by atoms with van der Waals surface area (Å²) in [6.45, 7) is 2.34. The van der Waals surface area contributed by atoms with Gasteiger partial charge in [0.1, 0.15) is 0 Å². The maximum atomic E-state index is 8.45. The molecule has 0 spiro atoms. The van der Waals surface area contributed by atoms with Gasteiger partial charge in [0, 0.05) is 11.9 Å². The summed E-state index contributed by atoms with van der Waals surface area (Å²) in [7, 11) is 0. The van der Waals surface area contributed by atoms with E-state index < -0.39 is 0 Å². The largest absolute Gasteiger partial charge is 0.396 e. The molecule has 2 heteroatoms. The van der Waals surface area contributed by atoms with E-state index >= 15 is 0 Å². The van der Waals surface area contributed by atoms with Crippen LogP contribution in [0.5, 0.6) is 0 Å². The van der Waals surface area contributed by atoms with Crippen LogP contribution in [0.4, 0.5) is 0 Å². The molecule has 44 valence electrons. The summed E-state index contributed by atoms with van der Waals surface area (Å²) in [5.41, 5.74) is 0. The highest BCUT2D eigenvalue weighted by atomic mass is 79.9.